The first-order valence-corrected chi connectivity index (χ1v) is 10.8. The number of rotatable bonds is 0. The number of allylic oxidation sites excluding steroid dienone is 1. The third-order valence-corrected chi connectivity index (χ3v) is 9.18. The Bertz CT molecular complexity index is 613. The predicted octanol–water partition coefficient (Wildman–Crippen LogP) is 4.61. The molecule has 0 amide bonds. The minimum Gasteiger partial charge on any atom is -0.369 e. The molecule has 3 heteroatoms. The second kappa shape index (κ2) is 5.11. The molecule has 0 aromatic rings. The van der Waals surface area contributed by atoms with Gasteiger partial charge in [0.05, 0.1) is 25.4 Å². The van der Waals surface area contributed by atoms with Crippen LogP contribution in [0.15, 0.2) is 11.1 Å². The van der Waals surface area contributed by atoms with Gasteiger partial charge in [-0.05, 0) is 69.1 Å². The minimum absolute atomic E-state index is 0.258. The normalized spacial score (nSPS) is 50.5. The van der Waals surface area contributed by atoms with Crippen LogP contribution in [0.4, 0.5) is 0 Å². The summed E-state index contributed by atoms with van der Waals surface area (Å²) in [4.78, 5) is 0. The molecule has 3 nitrogen and oxygen atoms in total. The van der Waals surface area contributed by atoms with E-state index in [2.05, 4.69) is 6.92 Å². The molecule has 2 aliphatic heterocycles. The van der Waals surface area contributed by atoms with Gasteiger partial charge in [0.25, 0.3) is 0 Å². The highest BCUT2D eigenvalue weighted by Crippen LogP contribution is 2.69. The first-order chi connectivity index (χ1) is 12.1. The number of hydrogen-bond acceptors (Lipinski definition) is 3. The van der Waals surface area contributed by atoms with E-state index in [0.717, 1.165) is 56.8 Å². The first kappa shape index (κ1) is 15.7. The zero-order valence-electron chi connectivity index (χ0n) is 15.6. The predicted molar refractivity (Wildman–Crippen MR) is 95.1 cm³/mol. The molecule has 6 aliphatic rings. The zero-order valence-corrected chi connectivity index (χ0v) is 15.6. The van der Waals surface area contributed by atoms with Gasteiger partial charge < -0.3 is 14.2 Å². The van der Waals surface area contributed by atoms with Gasteiger partial charge >= 0.3 is 0 Å². The molecule has 6 rings (SSSR count). The summed E-state index contributed by atoms with van der Waals surface area (Å²) >= 11 is 0. The minimum atomic E-state index is -0.258. The average molecular weight is 344 g/mol. The average Bonchev–Trinajstić information content (AvgIpc) is 3.36. The summed E-state index contributed by atoms with van der Waals surface area (Å²) in [6, 6.07) is 0. The van der Waals surface area contributed by atoms with Crippen molar-refractivity contribution in [1.29, 1.82) is 0 Å². The van der Waals surface area contributed by atoms with E-state index in [-0.39, 0.29) is 11.4 Å². The van der Waals surface area contributed by atoms with Crippen molar-refractivity contribution < 1.29 is 14.2 Å². The van der Waals surface area contributed by atoms with Crippen LogP contribution in [0.5, 0.6) is 0 Å². The Labute approximate surface area is 151 Å². The van der Waals surface area contributed by atoms with Gasteiger partial charge in [-0.2, -0.15) is 0 Å². The molecule has 0 aromatic heterocycles. The van der Waals surface area contributed by atoms with Crippen molar-refractivity contribution in [2.75, 3.05) is 19.8 Å². The van der Waals surface area contributed by atoms with E-state index in [1.54, 1.807) is 5.57 Å². The smallest absolute Gasteiger partial charge is 0.172 e. The second-order valence-corrected chi connectivity index (χ2v) is 9.96. The summed E-state index contributed by atoms with van der Waals surface area (Å²) in [6.07, 6.45) is 12.6. The van der Waals surface area contributed by atoms with E-state index in [4.69, 9.17) is 14.2 Å². The molecule has 25 heavy (non-hydrogen) atoms. The molecule has 0 aromatic carbocycles. The van der Waals surface area contributed by atoms with Crippen LogP contribution in [0, 0.1) is 23.2 Å². The van der Waals surface area contributed by atoms with Gasteiger partial charge in [-0.3, -0.25) is 0 Å². The van der Waals surface area contributed by atoms with Crippen LogP contribution in [0.1, 0.15) is 71.1 Å². The van der Waals surface area contributed by atoms with Crippen molar-refractivity contribution in [3.05, 3.63) is 11.1 Å². The van der Waals surface area contributed by atoms with Crippen molar-refractivity contribution >= 4 is 0 Å². The third kappa shape index (κ3) is 2.04. The first-order valence-electron chi connectivity index (χ1n) is 10.8. The Balaban J connectivity index is 1.28. The number of fused-ring (bicyclic) bond motifs is 5. The fourth-order valence-corrected chi connectivity index (χ4v) is 7.71. The molecular weight excluding hydrogens is 312 g/mol. The summed E-state index contributed by atoms with van der Waals surface area (Å²) in [5.74, 6) is 2.42. The van der Waals surface area contributed by atoms with E-state index < -0.39 is 0 Å². The van der Waals surface area contributed by atoms with Crippen LogP contribution < -0.4 is 0 Å². The lowest BCUT2D eigenvalue weighted by atomic mass is 9.53. The standard InChI is InChI=1S/C22H32O3/c1-20-8-5-17-16-6-10-22(23-11-2-12-24-22)13-15(16)3-4-18(17)19(20)7-9-21(20)14-25-21/h17-19H,2-14H2,1H3. The fourth-order valence-electron chi connectivity index (χ4n) is 7.71. The Morgan fingerprint density at radius 3 is 2.56 bits per heavy atom. The summed E-state index contributed by atoms with van der Waals surface area (Å²) in [7, 11) is 0. The summed E-state index contributed by atoms with van der Waals surface area (Å²) in [5.41, 5.74) is 4.31. The van der Waals surface area contributed by atoms with Crippen LogP contribution in [0.25, 0.3) is 0 Å². The quantitative estimate of drug-likeness (QED) is 0.475. The maximum atomic E-state index is 6.14. The Hall–Kier alpha value is -0.380. The summed E-state index contributed by atoms with van der Waals surface area (Å²) in [5, 5.41) is 0. The van der Waals surface area contributed by atoms with Gasteiger partial charge in [-0.15, -0.1) is 0 Å². The largest absolute Gasteiger partial charge is 0.369 e. The molecular formula is C22H32O3. The van der Waals surface area contributed by atoms with Gasteiger partial charge in [0, 0.05) is 18.3 Å². The Kier molecular flexibility index (Phi) is 3.20. The molecule has 0 N–H and O–H groups in total. The molecule has 0 bridgehead atoms. The van der Waals surface area contributed by atoms with E-state index in [0.29, 0.717) is 5.41 Å². The van der Waals surface area contributed by atoms with E-state index in [9.17, 15) is 0 Å². The molecule has 5 unspecified atom stereocenters. The Morgan fingerprint density at radius 2 is 1.76 bits per heavy atom. The molecule has 2 spiro atoms. The van der Waals surface area contributed by atoms with Gasteiger partial charge in [-0.25, -0.2) is 0 Å². The second-order valence-electron chi connectivity index (χ2n) is 9.96. The van der Waals surface area contributed by atoms with Crippen LogP contribution in [-0.2, 0) is 14.2 Å². The molecule has 4 aliphatic carbocycles. The molecule has 138 valence electrons. The lowest BCUT2D eigenvalue weighted by Crippen LogP contribution is -2.48. The SMILES string of the molecule is CC12CCC3C4=C(CCC3C1CCC21CO1)CC1(CC4)OCCCO1. The van der Waals surface area contributed by atoms with Crippen LogP contribution >= 0.6 is 0 Å². The highest BCUT2D eigenvalue weighted by Gasteiger charge is 2.68. The number of epoxide rings is 1. The fraction of sp³-hybridized carbons (Fsp3) is 0.909. The molecule has 0 radical (unpaired) electrons. The van der Waals surface area contributed by atoms with Crippen molar-refractivity contribution in [2.45, 2.75) is 82.5 Å². The maximum Gasteiger partial charge on any atom is 0.172 e. The third-order valence-electron chi connectivity index (χ3n) is 9.18. The van der Waals surface area contributed by atoms with Crippen molar-refractivity contribution in [2.24, 2.45) is 23.2 Å². The summed E-state index contributed by atoms with van der Waals surface area (Å²) < 4.78 is 18.3. The number of ether oxygens (including phenoxy) is 3. The lowest BCUT2D eigenvalue weighted by molar-refractivity contribution is -0.272. The highest BCUT2D eigenvalue weighted by atomic mass is 16.7. The van der Waals surface area contributed by atoms with Crippen molar-refractivity contribution in [3.8, 4) is 0 Å². The van der Waals surface area contributed by atoms with Crippen molar-refractivity contribution in [3.63, 3.8) is 0 Å². The van der Waals surface area contributed by atoms with E-state index >= 15 is 0 Å². The molecule has 2 heterocycles. The molecule has 4 fully saturated rings. The van der Waals surface area contributed by atoms with Crippen LogP contribution in [0.3, 0.4) is 0 Å². The van der Waals surface area contributed by atoms with Crippen LogP contribution in [-0.4, -0.2) is 31.2 Å². The van der Waals surface area contributed by atoms with Gasteiger partial charge in [0.1, 0.15) is 0 Å². The maximum absolute atomic E-state index is 6.14. The summed E-state index contributed by atoms with van der Waals surface area (Å²) in [6.45, 7) is 5.38. The van der Waals surface area contributed by atoms with Crippen molar-refractivity contribution in [1.82, 2.24) is 0 Å². The number of hydrogen-bond donors (Lipinski definition) is 0. The Morgan fingerprint density at radius 1 is 0.920 bits per heavy atom. The van der Waals surface area contributed by atoms with E-state index in [1.165, 1.54) is 44.9 Å². The van der Waals surface area contributed by atoms with Gasteiger partial charge in [0.2, 0.25) is 0 Å². The molecule has 2 saturated heterocycles. The highest BCUT2D eigenvalue weighted by molar-refractivity contribution is 5.29. The molecule has 5 atom stereocenters. The zero-order chi connectivity index (χ0) is 16.7. The van der Waals surface area contributed by atoms with Gasteiger partial charge in [-0.1, -0.05) is 18.1 Å². The van der Waals surface area contributed by atoms with Gasteiger partial charge in [0.15, 0.2) is 5.79 Å². The topological polar surface area (TPSA) is 31.0 Å². The lowest BCUT2D eigenvalue weighted by Gasteiger charge is -2.53. The van der Waals surface area contributed by atoms with E-state index in [1.807, 2.05) is 5.57 Å². The van der Waals surface area contributed by atoms with Crippen LogP contribution in [0.2, 0.25) is 0 Å². The molecule has 2 saturated carbocycles. The monoisotopic (exact) mass is 344 g/mol.